The van der Waals surface area contributed by atoms with Gasteiger partial charge in [0.25, 0.3) is 5.91 Å². The van der Waals surface area contributed by atoms with Crippen molar-refractivity contribution in [2.24, 2.45) is 0 Å². The second kappa shape index (κ2) is 6.44. The fourth-order valence-corrected chi connectivity index (χ4v) is 1.49. The zero-order valence-electron chi connectivity index (χ0n) is 9.43. The van der Waals surface area contributed by atoms with E-state index >= 15 is 0 Å². The van der Waals surface area contributed by atoms with E-state index in [9.17, 15) is 9.18 Å². The van der Waals surface area contributed by atoms with Gasteiger partial charge in [-0.3, -0.25) is 4.79 Å². The van der Waals surface area contributed by atoms with Crippen LogP contribution in [0.3, 0.4) is 0 Å². The second-order valence-corrected chi connectivity index (χ2v) is 4.30. The minimum Gasteiger partial charge on any atom is -0.482 e. The first kappa shape index (κ1) is 13.8. The fraction of sp³-hybridized carbons (Fsp3) is 0.364. The van der Waals surface area contributed by atoms with E-state index in [2.05, 4.69) is 21.2 Å². The van der Waals surface area contributed by atoms with Crippen molar-refractivity contribution in [2.45, 2.75) is 13.3 Å². The molecule has 6 heteroatoms. The normalized spacial score (nSPS) is 10.1. The summed E-state index contributed by atoms with van der Waals surface area (Å²) < 4.78 is 18.6. The second-order valence-electron chi connectivity index (χ2n) is 3.44. The van der Waals surface area contributed by atoms with Gasteiger partial charge in [0.2, 0.25) is 0 Å². The summed E-state index contributed by atoms with van der Waals surface area (Å²) in [4.78, 5) is 11.3. The number of nitrogens with two attached hydrogens (primary N) is 1. The summed E-state index contributed by atoms with van der Waals surface area (Å²) in [6, 6.07) is 2.54. The van der Waals surface area contributed by atoms with Crippen molar-refractivity contribution in [3.8, 4) is 5.75 Å². The zero-order valence-corrected chi connectivity index (χ0v) is 11.0. The molecule has 0 aliphatic heterocycles. The molecule has 0 bridgehead atoms. The third kappa shape index (κ3) is 4.22. The number of nitrogen functional groups attached to an aromatic ring is 1. The van der Waals surface area contributed by atoms with Gasteiger partial charge in [-0.1, -0.05) is 6.92 Å². The molecule has 0 radical (unpaired) electrons. The minimum absolute atomic E-state index is 0.164. The summed E-state index contributed by atoms with van der Waals surface area (Å²) in [5.41, 5.74) is 5.90. The Labute approximate surface area is 107 Å². The van der Waals surface area contributed by atoms with Gasteiger partial charge in [0.05, 0.1) is 10.2 Å². The van der Waals surface area contributed by atoms with Crippen LogP contribution in [0.4, 0.5) is 10.1 Å². The summed E-state index contributed by atoms with van der Waals surface area (Å²) in [6.07, 6.45) is 0.848. The number of hydrogen-bond donors (Lipinski definition) is 2. The lowest BCUT2D eigenvalue weighted by Crippen LogP contribution is -2.29. The molecule has 4 nitrogen and oxygen atoms in total. The van der Waals surface area contributed by atoms with Crippen LogP contribution in [0.1, 0.15) is 13.3 Å². The number of anilines is 1. The highest BCUT2D eigenvalue weighted by Gasteiger charge is 2.08. The van der Waals surface area contributed by atoms with Crippen molar-refractivity contribution in [1.29, 1.82) is 0 Å². The lowest BCUT2D eigenvalue weighted by molar-refractivity contribution is -0.123. The van der Waals surface area contributed by atoms with Gasteiger partial charge in [-0.05, 0) is 28.4 Å². The summed E-state index contributed by atoms with van der Waals surface area (Å²) in [5, 5.41) is 2.64. The van der Waals surface area contributed by atoms with Crippen molar-refractivity contribution >= 4 is 27.5 Å². The summed E-state index contributed by atoms with van der Waals surface area (Å²) in [6.45, 7) is 2.36. The first-order chi connectivity index (χ1) is 8.04. The van der Waals surface area contributed by atoms with Crippen molar-refractivity contribution in [1.82, 2.24) is 5.32 Å². The number of rotatable bonds is 5. The molecule has 1 amide bonds. The molecule has 0 aliphatic rings. The Balaban J connectivity index is 2.57. The van der Waals surface area contributed by atoms with Crippen molar-refractivity contribution < 1.29 is 13.9 Å². The Kier molecular flexibility index (Phi) is 5.21. The monoisotopic (exact) mass is 304 g/mol. The van der Waals surface area contributed by atoms with Gasteiger partial charge < -0.3 is 15.8 Å². The molecule has 0 heterocycles. The number of nitrogens with one attached hydrogen (secondary N) is 1. The molecule has 1 aromatic rings. The van der Waals surface area contributed by atoms with Gasteiger partial charge in [0.15, 0.2) is 6.61 Å². The fourth-order valence-electron chi connectivity index (χ4n) is 1.13. The maximum Gasteiger partial charge on any atom is 0.257 e. The molecule has 17 heavy (non-hydrogen) atoms. The van der Waals surface area contributed by atoms with Gasteiger partial charge in [0, 0.05) is 12.6 Å². The summed E-state index contributed by atoms with van der Waals surface area (Å²) in [7, 11) is 0. The van der Waals surface area contributed by atoms with Crippen LogP contribution in [0.25, 0.3) is 0 Å². The predicted molar refractivity (Wildman–Crippen MR) is 67.3 cm³/mol. The third-order valence-corrected chi connectivity index (χ3v) is 2.59. The van der Waals surface area contributed by atoms with Gasteiger partial charge in [-0.25, -0.2) is 4.39 Å². The Morgan fingerprint density at radius 2 is 2.29 bits per heavy atom. The third-order valence-electron chi connectivity index (χ3n) is 1.98. The van der Waals surface area contributed by atoms with Crippen LogP contribution in [-0.4, -0.2) is 19.1 Å². The van der Waals surface area contributed by atoms with Crippen LogP contribution in [0.15, 0.2) is 16.6 Å². The van der Waals surface area contributed by atoms with Crippen LogP contribution in [0.2, 0.25) is 0 Å². The Morgan fingerprint density at radius 3 is 2.94 bits per heavy atom. The molecule has 0 saturated heterocycles. The standard InChI is InChI=1S/C11H14BrFN2O2/c1-2-3-15-11(16)6-17-10-5-8(13)7(12)4-9(10)14/h4-5H,2-3,6,14H2,1H3,(H,15,16). The average Bonchev–Trinajstić information content (AvgIpc) is 2.29. The highest BCUT2D eigenvalue weighted by molar-refractivity contribution is 9.10. The van der Waals surface area contributed by atoms with E-state index in [0.717, 1.165) is 12.5 Å². The van der Waals surface area contributed by atoms with Gasteiger partial charge >= 0.3 is 0 Å². The lowest BCUT2D eigenvalue weighted by atomic mass is 10.3. The van der Waals surface area contributed by atoms with E-state index in [4.69, 9.17) is 10.5 Å². The SMILES string of the molecule is CCCNC(=O)COc1cc(F)c(Br)cc1N. The smallest absolute Gasteiger partial charge is 0.257 e. The molecule has 0 unspecified atom stereocenters. The molecule has 0 saturated carbocycles. The Bertz CT molecular complexity index is 413. The molecule has 0 spiro atoms. The molecule has 94 valence electrons. The first-order valence-electron chi connectivity index (χ1n) is 5.18. The number of amides is 1. The highest BCUT2D eigenvalue weighted by atomic mass is 79.9. The van der Waals surface area contributed by atoms with E-state index in [-0.39, 0.29) is 28.4 Å². The van der Waals surface area contributed by atoms with E-state index in [1.165, 1.54) is 6.07 Å². The van der Waals surface area contributed by atoms with Gasteiger partial charge in [-0.15, -0.1) is 0 Å². The molecule has 1 aromatic carbocycles. The maximum atomic E-state index is 13.2. The van der Waals surface area contributed by atoms with Gasteiger partial charge in [-0.2, -0.15) is 0 Å². The summed E-state index contributed by atoms with van der Waals surface area (Å²) in [5.74, 6) is -0.574. The van der Waals surface area contributed by atoms with Crippen LogP contribution in [0, 0.1) is 5.82 Å². The van der Waals surface area contributed by atoms with Crippen molar-refractivity contribution in [3.05, 3.63) is 22.4 Å². The molecular formula is C11H14BrFN2O2. The molecule has 3 N–H and O–H groups in total. The molecule has 0 fully saturated rings. The van der Waals surface area contributed by atoms with E-state index in [1.54, 1.807) is 0 Å². The molecular weight excluding hydrogens is 291 g/mol. The molecule has 0 atom stereocenters. The topological polar surface area (TPSA) is 64.3 Å². The quantitative estimate of drug-likeness (QED) is 0.819. The molecule has 0 aromatic heterocycles. The van der Waals surface area contributed by atoms with Crippen LogP contribution >= 0.6 is 15.9 Å². The van der Waals surface area contributed by atoms with Crippen molar-refractivity contribution in [3.63, 3.8) is 0 Å². The van der Waals surface area contributed by atoms with E-state index < -0.39 is 5.82 Å². The number of halogens is 2. The van der Waals surface area contributed by atoms with Crippen LogP contribution < -0.4 is 15.8 Å². The first-order valence-corrected chi connectivity index (χ1v) is 5.98. The van der Waals surface area contributed by atoms with Crippen molar-refractivity contribution in [2.75, 3.05) is 18.9 Å². The number of ether oxygens (including phenoxy) is 1. The molecule has 1 rings (SSSR count). The van der Waals surface area contributed by atoms with E-state index in [0.29, 0.717) is 6.54 Å². The van der Waals surface area contributed by atoms with Crippen LogP contribution in [-0.2, 0) is 4.79 Å². The average molecular weight is 305 g/mol. The maximum absolute atomic E-state index is 13.2. The summed E-state index contributed by atoms with van der Waals surface area (Å²) >= 11 is 3.00. The number of carbonyl (C=O) groups excluding carboxylic acids is 1. The zero-order chi connectivity index (χ0) is 12.8. The Hall–Kier alpha value is -1.30. The van der Waals surface area contributed by atoms with Crippen LogP contribution in [0.5, 0.6) is 5.75 Å². The number of carbonyl (C=O) groups is 1. The predicted octanol–water partition coefficient (Wildman–Crippen LogP) is 2.08. The van der Waals surface area contributed by atoms with Gasteiger partial charge in [0.1, 0.15) is 11.6 Å². The Morgan fingerprint density at radius 1 is 1.59 bits per heavy atom. The minimum atomic E-state index is -0.483. The number of benzene rings is 1. The highest BCUT2D eigenvalue weighted by Crippen LogP contribution is 2.28. The number of hydrogen-bond acceptors (Lipinski definition) is 3. The molecule has 0 aliphatic carbocycles. The lowest BCUT2D eigenvalue weighted by Gasteiger charge is -2.09. The van der Waals surface area contributed by atoms with E-state index in [1.807, 2.05) is 6.92 Å². The largest absolute Gasteiger partial charge is 0.482 e.